The molecule has 0 saturated heterocycles. The third kappa shape index (κ3) is 2.54. The van der Waals surface area contributed by atoms with Crippen LogP contribution in [0.2, 0.25) is 0 Å². The van der Waals surface area contributed by atoms with Crippen LogP contribution in [0.25, 0.3) is 0 Å². The first-order chi connectivity index (χ1) is 11.9. The average Bonchev–Trinajstić information content (AvgIpc) is 2.91. The first kappa shape index (κ1) is 17.4. The molecule has 0 aromatic carbocycles. The van der Waals surface area contributed by atoms with Gasteiger partial charge in [-0.2, -0.15) is 0 Å². The van der Waals surface area contributed by atoms with Gasteiger partial charge in [-0.15, -0.1) is 0 Å². The summed E-state index contributed by atoms with van der Waals surface area (Å²) in [5, 5.41) is 0. The van der Waals surface area contributed by atoms with Gasteiger partial charge >= 0.3 is 5.97 Å². The number of hydrogen-bond donors (Lipinski definition) is 0. The molecule has 0 bridgehead atoms. The summed E-state index contributed by atoms with van der Waals surface area (Å²) in [6, 6.07) is 0. The molecule has 0 spiro atoms. The van der Waals surface area contributed by atoms with Crippen molar-refractivity contribution in [2.75, 3.05) is 0 Å². The smallest absolute Gasteiger partial charge is 0.302 e. The van der Waals surface area contributed by atoms with Crippen molar-refractivity contribution in [2.24, 2.45) is 28.6 Å². The van der Waals surface area contributed by atoms with Crippen molar-refractivity contribution in [1.29, 1.82) is 0 Å². The van der Waals surface area contributed by atoms with E-state index in [4.69, 9.17) is 4.74 Å². The Morgan fingerprint density at radius 2 is 2.00 bits per heavy atom. The van der Waals surface area contributed by atoms with Gasteiger partial charge in [-0.3, -0.25) is 4.79 Å². The summed E-state index contributed by atoms with van der Waals surface area (Å²) in [4.78, 5) is 11.4. The van der Waals surface area contributed by atoms with Gasteiger partial charge in [0.2, 0.25) is 0 Å². The van der Waals surface area contributed by atoms with Crippen molar-refractivity contribution in [3.05, 3.63) is 23.3 Å². The summed E-state index contributed by atoms with van der Waals surface area (Å²) in [7, 11) is 0. The minimum absolute atomic E-state index is 0.111. The standard InChI is InChI=1S/C23H34O2/c1-5-16-7-9-20-19-8-6-17-14-18(25-15(2)24)10-12-23(17,4)21(19)11-13-22(16,20)3/h5,11,17-20H,6-10,12-14H2,1-4H3/b16-5+/t17-,18-,19+,20+,22-,23+/m1/s1. The fraction of sp³-hybridized carbons (Fsp3) is 0.783. The number of ether oxygens (including phenoxy) is 1. The van der Waals surface area contributed by atoms with Crippen LogP contribution in [0.1, 0.15) is 79.1 Å². The molecule has 3 fully saturated rings. The van der Waals surface area contributed by atoms with E-state index >= 15 is 0 Å². The largest absolute Gasteiger partial charge is 0.463 e. The van der Waals surface area contributed by atoms with Crippen LogP contribution in [0, 0.1) is 28.6 Å². The Hall–Kier alpha value is -1.05. The maximum atomic E-state index is 11.4. The molecule has 4 rings (SSSR count). The van der Waals surface area contributed by atoms with Crippen molar-refractivity contribution in [2.45, 2.75) is 85.2 Å². The third-order valence-electron chi connectivity index (χ3n) is 8.51. The topological polar surface area (TPSA) is 26.3 Å². The Kier molecular flexibility index (Phi) is 4.16. The van der Waals surface area contributed by atoms with Gasteiger partial charge in [-0.05, 0) is 86.9 Å². The Bertz CT molecular complexity index is 630. The molecular formula is C23H34O2. The molecule has 0 aliphatic heterocycles. The van der Waals surface area contributed by atoms with Gasteiger partial charge in [0.25, 0.3) is 0 Å². The molecule has 0 aromatic heterocycles. The molecule has 0 N–H and O–H groups in total. The Morgan fingerprint density at radius 1 is 1.20 bits per heavy atom. The molecule has 0 unspecified atom stereocenters. The van der Waals surface area contributed by atoms with Crippen LogP contribution in [-0.4, -0.2) is 12.1 Å². The van der Waals surface area contributed by atoms with E-state index in [9.17, 15) is 4.79 Å². The van der Waals surface area contributed by atoms with E-state index in [0.29, 0.717) is 16.7 Å². The first-order valence-electron chi connectivity index (χ1n) is 10.4. The lowest BCUT2D eigenvalue weighted by molar-refractivity contribution is -0.151. The molecule has 2 nitrogen and oxygen atoms in total. The van der Waals surface area contributed by atoms with Gasteiger partial charge in [0.1, 0.15) is 6.10 Å². The van der Waals surface area contributed by atoms with E-state index in [-0.39, 0.29) is 12.1 Å². The van der Waals surface area contributed by atoms with Gasteiger partial charge in [0, 0.05) is 6.92 Å². The molecule has 6 atom stereocenters. The van der Waals surface area contributed by atoms with E-state index in [1.165, 1.54) is 38.5 Å². The zero-order valence-corrected chi connectivity index (χ0v) is 16.4. The highest BCUT2D eigenvalue weighted by molar-refractivity contribution is 5.66. The lowest BCUT2D eigenvalue weighted by Crippen LogP contribution is -2.48. The fourth-order valence-electron chi connectivity index (χ4n) is 7.16. The number of fused-ring (bicyclic) bond motifs is 5. The molecule has 0 aromatic rings. The summed E-state index contributed by atoms with van der Waals surface area (Å²) in [6.45, 7) is 8.83. The molecule has 0 amide bonds. The zero-order chi connectivity index (χ0) is 17.8. The van der Waals surface area contributed by atoms with Crippen LogP contribution in [0.3, 0.4) is 0 Å². The van der Waals surface area contributed by atoms with E-state index < -0.39 is 0 Å². The van der Waals surface area contributed by atoms with Gasteiger partial charge < -0.3 is 4.74 Å². The Morgan fingerprint density at radius 3 is 2.72 bits per heavy atom. The molecule has 138 valence electrons. The second kappa shape index (κ2) is 5.99. The molecular weight excluding hydrogens is 308 g/mol. The monoisotopic (exact) mass is 342 g/mol. The van der Waals surface area contributed by atoms with Crippen LogP contribution in [0.15, 0.2) is 23.3 Å². The molecule has 2 heteroatoms. The average molecular weight is 343 g/mol. The summed E-state index contributed by atoms with van der Waals surface area (Å²) in [5.74, 6) is 2.23. The Labute approximate surface area is 153 Å². The molecule has 0 radical (unpaired) electrons. The van der Waals surface area contributed by atoms with Crippen LogP contribution in [0.4, 0.5) is 0 Å². The first-order valence-corrected chi connectivity index (χ1v) is 10.4. The number of carbonyl (C=O) groups excluding carboxylic acids is 1. The minimum Gasteiger partial charge on any atom is -0.463 e. The maximum Gasteiger partial charge on any atom is 0.302 e. The molecule has 25 heavy (non-hydrogen) atoms. The van der Waals surface area contributed by atoms with Crippen molar-refractivity contribution < 1.29 is 9.53 Å². The number of carbonyl (C=O) groups is 1. The van der Waals surface area contributed by atoms with Crippen molar-refractivity contribution >= 4 is 5.97 Å². The molecule has 4 aliphatic carbocycles. The number of hydrogen-bond acceptors (Lipinski definition) is 2. The zero-order valence-electron chi connectivity index (χ0n) is 16.4. The third-order valence-corrected chi connectivity index (χ3v) is 8.51. The summed E-state index contributed by atoms with van der Waals surface area (Å²) in [6.07, 6.45) is 15.1. The lowest BCUT2D eigenvalue weighted by atomic mass is 9.49. The number of esters is 1. The minimum atomic E-state index is -0.111. The van der Waals surface area contributed by atoms with Crippen molar-refractivity contribution in [3.63, 3.8) is 0 Å². The van der Waals surface area contributed by atoms with Crippen LogP contribution in [0.5, 0.6) is 0 Å². The fourth-order valence-corrected chi connectivity index (χ4v) is 7.16. The van der Waals surface area contributed by atoms with Gasteiger partial charge in [0.15, 0.2) is 0 Å². The van der Waals surface area contributed by atoms with Crippen LogP contribution in [-0.2, 0) is 9.53 Å². The highest BCUT2D eigenvalue weighted by Crippen LogP contribution is 2.65. The highest BCUT2D eigenvalue weighted by atomic mass is 16.5. The van der Waals surface area contributed by atoms with Crippen LogP contribution >= 0.6 is 0 Å². The number of allylic oxidation sites excluding steroid dienone is 4. The second-order valence-electron chi connectivity index (χ2n) is 9.54. The summed E-state index contributed by atoms with van der Waals surface area (Å²) in [5.41, 5.74) is 4.25. The normalized spacial score (nSPS) is 47.5. The van der Waals surface area contributed by atoms with E-state index in [2.05, 4.69) is 32.9 Å². The molecule has 3 saturated carbocycles. The summed E-state index contributed by atoms with van der Waals surface area (Å²) < 4.78 is 5.57. The van der Waals surface area contributed by atoms with Gasteiger partial charge in [-0.25, -0.2) is 0 Å². The molecule has 4 aliphatic rings. The number of rotatable bonds is 1. The Balaban J connectivity index is 1.60. The SMILES string of the molecule is C/C=C1\CC[C@H]2[C@@H]3CC[C@@H]4C[C@H](OC(C)=O)CC[C@]4(C)C3=CC[C@]12C. The van der Waals surface area contributed by atoms with Crippen molar-refractivity contribution in [3.8, 4) is 0 Å². The van der Waals surface area contributed by atoms with Gasteiger partial charge in [-0.1, -0.05) is 37.1 Å². The van der Waals surface area contributed by atoms with E-state index in [0.717, 1.165) is 24.7 Å². The molecule has 0 heterocycles. The maximum absolute atomic E-state index is 11.4. The summed E-state index contributed by atoms with van der Waals surface area (Å²) >= 11 is 0. The predicted octanol–water partition coefficient (Wildman–Crippen LogP) is 5.83. The van der Waals surface area contributed by atoms with Gasteiger partial charge in [0.05, 0.1) is 0 Å². The second-order valence-corrected chi connectivity index (χ2v) is 9.54. The van der Waals surface area contributed by atoms with E-state index in [1.807, 2.05) is 0 Å². The highest BCUT2D eigenvalue weighted by Gasteiger charge is 2.55. The quantitative estimate of drug-likeness (QED) is 0.443. The predicted molar refractivity (Wildman–Crippen MR) is 101 cm³/mol. The van der Waals surface area contributed by atoms with Crippen LogP contribution < -0.4 is 0 Å². The van der Waals surface area contributed by atoms with Crippen molar-refractivity contribution in [1.82, 2.24) is 0 Å². The van der Waals surface area contributed by atoms with E-state index in [1.54, 1.807) is 18.1 Å². The lowest BCUT2D eigenvalue weighted by Gasteiger charge is -2.56.